The van der Waals surface area contributed by atoms with Gasteiger partial charge in [0.1, 0.15) is 5.92 Å². The van der Waals surface area contributed by atoms with Crippen molar-refractivity contribution < 1.29 is 14.3 Å². The summed E-state index contributed by atoms with van der Waals surface area (Å²) in [6, 6.07) is 14.1. The fraction of sp³-hybridized carbons (Fsp3) is 0.222. The zero-order chi connectivity index (χ0) is 16.6. The Balaban J connectivity index is 2.18. The smallest absolute Gasteiger partial charge is 0.315 e. The van der Waals surface area contributed by atoms with Gasteiger partial charge in [-0.2, -0.15) is 0 Å². The number of fused-ring (bicyclic) bond motifs is 1. The average Bonchev–Trinajstić information content (AvgIpc) is 2.58. The van der Waals surface area contributed by atoms with Crippen molar-refractivity contribution in [3.8, 4) is 0 Å². The van der Waals surface area contributed by atoms with E-state index in [-0.39, 0.29) is 5.91 Å². The normalized spacial score (nSPS) is 20.1. The number of esters is 1. The molecule has 2 aromatic rings. The van der Waals surface area contributed by atoms with E-state index in [1.54, 1.807) is 24.3 Å². The number of carbonyl (C=O) groups is 2. The Kier molecular flexibility index (Phi) is 3.88. The first kappa shape index (κ1) is 15.2. The number of benzene rings is 2. The van der Waals surface area contributed by atoms with Crippen molar-refractivity contribution in [2.45, 2.75) is 18.9 Å². The van der Waals surface area contributed by atoms with Crippen molar-refractivity contribution in [2.75, 3.05) is 7.11 Å². The molecular weight excluding hydrogens is 292 g/mol. The quantitative estimate of drug-likeness (QED) is 0.525. The summed E-state index contributed by atoms with van der Waals surface area (Å²) in [5.74, 6) is 4.70. The molecule has 0 fully saturated rings. The van der Waals surface area contributed by atoms with Crippen LogP contribution in [-0.2, 0) is 9.53 Å². The van der Waals surface area contributed by atoms with Crippen LogP contribution in [0.4, 0.5) is 0 Å². The standard InChI is InChI=1S/C18H18N2O3/c1-11-7-9-12(10-8-11)16-15(18(22)23-2)13-5-3-4-6-14(13)17(21)20(16)19/h3-10,15-16H,19H2,1-2H3/t15-,16+/m1/s1. The molecule has 0 radical (unpaired) electrons. The van der Waals surface area contributed by atoms with Gasteiger partial charge in [0.15, 0.2) is 0 Å². The summed E-state index contributed by atoms with van der Waals surface area (Å²) in [5.41, 5.74) is 2.98. The lowest BCUT2D eigenvalue weighted by Gasteiger charge is -2.38. The van der Waals surface area contributed by atoms with E-state index in [0.29, 0.717) is 11.1 Å². The molecule has 2 N–H and O–H groups in total. The summed E-state index contributed by atoms with van der Waals surface area (Å²) >= 11 is 0. The minimum Gasteiger partial charge on any atom is -0.468 e. The molecule has 1 aliphatic rings. The number of ether oxygens (including phenoxy) is 1. The number of methoxy groups -OCH3 is 1. The molecule has 2 atom stereocenters. The van der Waals surface area contributed by atoms with Gasteiger partial charge >= 0.3 is 5.97 Å². The molecule has 0 unspecified atom stereocenters. The third-order valence-corrected chi connectivity index (χ3v) is 4.25. The van der Waals surface area contributed by atoms with Crippen LogP contribution >= 0.6 is 0 Å². The van der Waals surface area contributed by atoms with Gasteiger partial charge in [-0.25, -0.2) is 5.84 Å². The zero-order valence-corrected chi connectivity index (χ0v) is 13.0. The number of carbonyl (C=O) groups excluding carboxylic acids is 2. The van der Waals surface area contributed by atoms with E-state index in [1.165, 1.54) is 7.11 Å². The van der Waals surface area contributed by atoms with Crippen LogP contribution in [0.2, 0.25) is 0 Å². The highest BCUT2D eigenvalue weighted by Crippen LogP contribution is 2.41. The van der Waals surface area contributed by atoms with Crippen LogP contribution in [0.3, 0.4) is 0 Å². The van der Waals surface area contributed by atoms with Gasteiger partial charge in [0.2, 0.25) is 0 Å². The topological polar surface area (TPSA) is 72.6 Å². The number of nitrogens with zero attached hydrogens (tertiary/aromatic N) is 1. The lowest BCUT2D eigenvalue weighted by molar-refractivity contribution is -0.144. The molecule has 0 aromatic heterocycles. The number of hydrogen-bond acceptors (Lipinski definition) is 4. The third-order valence-electron chi connectivity index (χ3n) is 4.25. The van der Waals surface area contributed by atoms with E-state index in [9.17, 15) is 9.59 Å². The number of nitrogens with two attached hydrogens (primary N) is 1. The van der Waals surface area contributed by atoms with Crippen molar-refractivity contribution in [3.63, 3.8) is 0 Å². The fourth-order valence-corrected chi connectivity index (χ4v) is 3.06. The largest absolute Gasteiger partial charge is 0.468 e. The minimum atomic E-state index is -0.651. The molecule has 1 aliphatic heterocycles. The predicted octanol–water partition coefficient (Wildman–Crippen LogP) is 2.32. The number of rotatable bonds is 2. The van der Waals surface area contributed by atoms with Crippen LogP contribution in [0.25, 0.3) is 0 Å². The summed E-state index contributed by atoms with van der Waals surface area (Å²) in [5, 5.41) is 1.13. The first-order chi connectivity index (χ1) is 11.0. The van der Waals surface area contributed by atoms with E-state index in [1.807, 2.05) is 31.2 Å². The highest BCUT2D eigenvalue weighted by Gasteiger charge is 2.43. The Bertz CT molecular complexity index is 755. The Hall–Kier alpha value is -2.66. The van der Waals surface area contributed by atoms with Gasteiger partial charge < -0.3 is 4.74 Å². The van der Waals surface area contributed by atoms with Crippen LogP contribution in [0.5, 0.6) is 0 Å². The molecule has 0 saturated carbocycles. The number of amides is 1. The fourth-order valence-electron chi connectivity index (χ4n) is 3.06. The van der Waals surface area contributed by atoms with Gasteiger partial charge in [-0.15, -0.1) is 0 Å². The second kappa shape index (κ2) is 5.85. The molecule has 23 heavy (non-hydrogen) atoms. The molecule has 0 aliphatic carbocycles. The van der Waals surface area contributed by atoms with E-state index >= 15 is 0 Å². The zero-order valence-electron chi connectivity index (χ0n) is 13.0. The van der Waals surface area contributed by atoms with Crippen molar-refractivity contribution in [1.82, 2.24) is 5.01 Å². The maximum atomic E-state index is 12.6. The van der Waals surface area contributed by atoms with Crippen LogP contribution in [0.1, 0.15) is 39.0 Å². The predicted molar refractivity (Wildman–Crippen MR) is 85.5 cm³/mol. The van der Waals surface area contributed by atoms with Gasteiger partial charge in [-0.3, -0.25) is 14.6 Å². The highest BCUT2D eigenvalue weighted by atomic mass is 16.5. The van der Waals surface area contributed by atoms with Crippen LogP contribution < -0.4 is 5.84 Å². The van der Waals surface area contributed by atoms with Crippen LogP contribution in [0, 0.1) is 6.92 Å². The molecule has 0 bridgehead atoms. The van der Waals surface area contributed by atoms with Gasteiger partial charge in [0.25, 0.3) is 5.91 Å². The molecule has 0 saturated heterocycles. The Labute approximate surface area is 134 Å². The average molecular weight is 310 g/mol. The van der Waals surface area contributed by atoms with Crippen molar-refractivity contribution in [1.29, 1.82) is 0 Å². The summed E-state index contributed by atoms with van der Waals surface area (Å²) < 4.78 is 4.97. The first-order valence-corrected chi connectivity index (χ1v) is 7.36. The minimum absolute atomic E-state index is 0.300. The number of hydrazine groups is 1. The summed E-state index contributed by atoms with van der Waals surface area (Å²) in [6.07, 6.45) is 0. The molecule has 118 valence electrons. The van der Waals surface area contributed by atoms with Crippen LogP contribution in [0.15, 0.2) is 48.5 Å². The molecule has 5 heteroatoms. The second-order valence-corrected chi connectivity index (χ2v) is 5.66. The molecule has 1 heterocycles. The molecule has 5 nitrogen and oxygen atoms in total. The molecular formula is C18H18N2O3. The maximum absolute atomic E-state index is 12.6. The lowest BCUT2D eigenvalue weighted by Crippen LogP contribution is -2.48. The van der Waals surface area contributed by atoms with Gasteiger partial charge in [0, 0.05) is 5.56 Å². The van der Waals surface area contributed by atoms with Crippen molar-refractivity contribution in [2.24, 2.45) is 5.84 Å². The number of aryl methyl sites for hydroxylation is 1. The maximum Gasteiger partial charge on any atom is 0.315 e. The Morgan fingerprint density at radius 1 is 1.13 bits per heavy atom. The van der Waals surface area contributed by atoms with Crippen molar-refractivity contribution in [3.05, 3.63) is 70.8 Å². The summed E-state index contributed by atoms with van der Waals surface area (Å²) in [7, 11) is 1.34. The molecule has 0 spiro atoms. The third kappa shape index (κ3) is 2.49. The SMILES string of the molecule is COC(=O)[C@@H]1c2ccccc2C(=O)N(N)[C@H]1c1ccc(C)cc1. The molecule has 3 rings (SSSR count). The summed E-state index contributed by atoms with van der Waals surface area (Å²) in [6.45, 7) is 1.98. The Morgan fingerprint density at radius 3 is 2.43 bits per heavy atom. The summed E-state index contributed by atoms with van der Waals surface area (Å²) in [4.78, 5) is 25.0. The lowest BCUT2D eigenvalue weighted by atomic mass is 9.80. The van der Waals surface area contributed by atoms with Crippen LogP contribution in [-0.4, -0.2) is 24.0 Å². The van der Waals surface area contributed by atoms with Gasteiger partial charge in [-0.05, 0) is 24.1 Å². The monoisotopic (exact) mass is 310 g/mol. The molecule has 1 amide bonds. The van der Waals surface area contributed by atoms with Crippen molar-refractivity contribution >= 4 is 11.9 Å². The van der Waals surface area contributed by atoms with E-state index in [0.717, 1.165) is 16.1 Å². The Morgan fingerprint density at radius 2 is 1.78 bits per heavy atom. The van der Waals surface area contributed by atoms with E-state index in [4.69, 9.17) is 10.6 Å². The van der Waals surface area contributed by atoms with Gasteiger partial charge in [-0.1, -0.05) is 48.0 Å². The molecule has 2 aromatic carbocycles. The van der Waals surface area contributed by atoms with E-state index in [2.05, 4.69) is 0 Å². The van der Waals surface area contributed by atoms with Gasteiger partial charge in [0.05, 0.1) is 13.2 Å². The number of hydrogen-bond donors (Lipinski definition) is 1. The highest BCUT2D eigenvalue weighted by molar-refractivity contribution is 6.00. The first-order valence-electron chi connectivity index (χ1n) is 7.36. The van der Waals surface area contributed by atoms with E-state index < -0.39 is 17.9 Å². The second-order valence-electron chi connectivity index (χ2n) is 5.66.